The van der Waals surface area contributed by atoms with Crippen LogP contribution in [0, 0.1) is 0 Å². The monoisotopic (exact) mass is 248 g/mol. The van der Waals surface area contributed by atoms with Crippen molar-refractivity contribution in [2.45, 2.75) is 45.0 Å². The number of morpholine rings is 1. The van der Waals surface area contributed by atoms with E-state index in [2.05, 4.69) is 37.8 Å². The molecule has 0 bridgehead atoms. The van der Waals surface area contributed by atoms with E-state index in [1.807, 2.05) is 18.2 Å². The fraction of sp³-hybridized carbons (Fsp3) is 0.600. The van der Waals surface area contributed by atoms with Gasteiger partial charge in [-0.2, -0.15) is 0 Å². The lowest BCUT2D eigenvalue weighted by atomic mass is 9.98. The first-order chi connectivity index (χ1) is 8.59. The van der Waals surface area contributed by atoms with Gasteiger partial charge >= 0.3 is 0 Å². The molecule has 1 saturated heterocycles. The second-order valence-corrected chi connectivity index (χ2v) is 5.37. The highest BCUT2D eigenvalue weighted by molar-refractivity contribution is 5.20. The molecule has 1 aliphatic heterocycles. The molecule has 1 heterocycles. The summed E-state index contributed by atoms with van der Waals surface area (Å²) in [6.45, 7) is 8.31. The van der Waals surface area contributed by atoms with E-state index < -0.39 is 0 Å². The Morgan fingerprint density at radius 1 is 1.28 bits per heavy atom. The molecule has 0 radical (unpaired) electrons. The number of ether oxygens (including phenoxy) is 1. The van der Waals surface area contributed by atoms with Crippen molar-refractivity contribution in [3.63, 3.8) is 0 Å². The zero-order valence-electron chi connectivity index (χ0n) is 11.5. The van der Waals surface area contributed by atoms with Crippen molar-refractivity contribution in [1.29, 1.82) is 0 Å². The predicted molar refractivity (Wildman–Crippen MR) is 74.4 cm³/mol. The molecule has 0 saturated carbocycles. The molecule has 1 aromatic carbocycles. The van der Waals surface area contributed by atoms with E-state index in [1.54, 1.807) is 0 Å². The summed E-state index contributed by atoms with van der Waals surface area (Å²) >= 11 is 0. The Labute approximate surface area is 110 Å². The van der Waals surface area contributed by atoms with E-state index in [0.717, 1.165) is 13.2 Å². The normalized spacial score (nSPS) is 28.9. The molecule has 0 amide bonds. The lowest BCUT2D eigenvalue weighted by molar-refractivity contribution is -0.0668. The topological polar surface area (TPSA) is 38.5 Å². The Morgan fingerprint density at radius 2 is 1.94 bits per heavy atom. The van der Waals surface area contributed by atoms with E-state index in [0.29, 0.717) is 18.2 Å². The highest BCUT2D eigenvalue weighted by atomic mass is 16.5. The third-order valence-corrected chi connectivity index (χ3v) is 3.88. The maximum Gasteiger partial charge on any atom is 0.0674 e. The van der Waals surface area contributed by atoms with Gasteiger partial charge in [0, 0.05) is 24.7 Å². The highest BCUT2D eigenvalue weighted by Gasteiger charge is 2.30. The van der Waals surface area contributed by atoms with Crippen LogP contribution in [0.15, 0.2) is 30.3 Å². The second kappa shape index (κ2) is 5.83. The Balaban J connectivity index is 2.08. The summed E-state index contributed by atoms with van der Waals surface area (Å²) < 4.78 is 5.67. The van der Waals surface area contributed by atoms with E-state index in [1.165, 1.54) is 5.56 Å². The fourth-order valence-electron chi connectivity index (χ4n) is 2.66. The molecule has 4 atom stereocenters. The minimum absolute atomic E-state index is 0.0546. The van der Waals surface area contributed by atoms with Gasteiger partial charge in [-0.15, -0.1) is 0 Å². The summed E-state index contributed by atoms with van der Waals surface area (Å²) in [6, 6.07) is 11.2. The van der Waals surface area contributed by atoms with Gasteiger partial charge in [0.15, 0.2) is 0 Å². The zero-order chi connectivity index (χ0) is 13.1. The standard InChI is InChI=1S/C15H24N2O/c1-11-10-18-12(2)9-17(11)13(3)15(16)14-7-5-4-6-8-14/h4-8,11-13,15H,9-10,16H2,1-3H3. The first kappa shape index (κ1) is 13.5. The van der Waals surface area contributed by atoms with Crippen LogP contribution in [0.25, 0.3) is 0 Å². The van der Waals surface area contributed by atoms with E-state index in [4.69, 9.17) is 10.5 Å². The van der Waals surface area contributed by atoms with E-state index in [9.17, 15) is 0 Å². The summed E-state index contributed by atoms with van der Waals surface area (Å²) in [6.07, 6.45) is 0.298. The van der Waals surface area contributed by atoms with Crippen LogP contribution in [0.4, 0.5) is 0 Å². The highest BCUT2D eigenvalue weighted by Crippen LogP contribution is 2.23. The van der Waals surface area contributed by atoms with Crippen molar-refractivity contribution in [1.82, 2.24) is 4.90 Å². The molecule has 3 heteroatoms. The summed E-state index contributed by atoms with van der Waals surface area (Å²) in [5.41, 5.74) is 7.60. The smallest absolute Gasteiger partial charge is 0.0674 e. The molecule has 1 aliphatic rings. The Bertz CT molecular complexity index is 368. The molecule has 3 nitrogen and oxygen atoms in total. The third-order valence-electron chi connectivity index (χ3n) is 3.88. The number of benzene rings is 1. The van der Waals surface area contributed by atoms with E-state index in [-0.39, 0.29) is 6.04 Å². The quantitative estimate of drug-likeness (QED) is 0.891. The minimum Gasteiger partial charge on any atom is -0.376 e. The van der Waals surface area contributed by atoms with Gasteiger partial charge in [0.05, 0.1) is 12.7 Å². The number of nitrogens with zero attached hydrogens (tertiary/aromatic N) is 1. The summed E-state index contributed by atoms with van der Waals surface area (Å²) in [5.74, 6) is 0. The van der Waals surface area contributed by atoms with Crippen LogP contribution in [0.3, 0.4) is 0 Å². The molecule has 18 heavy (non-hydrogen) atoms. The molecular weight excluding hydrogens is 224 g/mol. The van der Waals surface area contributed by atoms with Gasteiger partial charge in [0.2, 0.25) is 0 Å². The van der Waals surface area contributed by atoms with Crippen LogP contribution in [-0.2, 0) is 4.74 Å². The molecule has 2 rings (SSSR count). The number of rotatable bonds is 3. The first-order valence-electron chi connectivity index (χ1n) is 6.77. The van der Waals surface area contributed by atoms with Gasteiger partial charge in [-0.3, -0.25) is 4.90 Å². The van der Waals surface area contributed by atoms with Crippen LogP contribution in [0.2, 0.25) is 0 Å². The van der Waals surface area contributed by atoms with Crippen LogP contribution in [0.1, 0.15) is 32.4 Å². The molecule has 1 aromatic rings. The Morgan fingerprint density at radius 3 is 2.61 bits per heavy atom. The maximum atomic E-state index is 6.39. The van der Waals surface area contributed by atoms with Gasteiger partial charge in [0.1, 0.15) is 0 Å². The molecular formula is C15H24N2O. The average molecular weight is 248 g/mol. The lowest BCUT2D eigenvalue weighted by Crippen LogP contribution is -2.54. The number of nitrogens with two attached hydrogens (primary N) is 1. The summed E-state index contributed by atoms with van der Waals surface area (Å²) in [5, 5.41) is 0. The molecule has 0 aliphatic carbocycles. The van der Waals surface area contributed by atoms with E-state index >= 15 is 0 Å². The van der Waals surface area contributed by atoms with Crippen LogP contribution >= 0.6 is 0 Å². The van der Waals surface area contributed by atoms with Crippen LogP contribution in [0.5, 0.6) is 0 Å². The van der Waals surface area contributed by atoms with Gasteiger partial charge in [0.25, 0.3) is 0 Å². The van der Waals surface area contributed by atoms with Crippen molar-refractivity contribution < 1.29 is 4.74 Å². The number of hydrogen-bond acceptors (Lipinski definition) is 3. The van der Waals surface area contributed by atoms with Gasteiger partial charge in [-0.1, -0.05) is 30.3 Å². The molecule has 4 unspecified atom stereocenters. The summed E-state index contributed by atoms with van der Waals surface area (Å²) in [4.78, 5) is 2.46. The van der Waals surface area contributed by atoms with Crippen molar-refractivity contribution in [2.75, 3.05) is 13.2 Å². The predicted octanol–water partition coefficient (Wildman–Crippen LogP) is 2.18. The maximum absolute atomic E-state index is 6.39. The first-order valence-corrected chi connectivity index (χ1v) is 6.77. The minimum atomic E-state index is 0.0546. The van der Waals surface area contributed by atoms with Gasteiger partial charge < -0.3 is 10.5 Å². The zero-order valence-corrected chi connectivity index (χ0v) is 11.5. The molecule has 100 valence electrons. The van der Waals surface area contributed by atoms with Crippen LogP contribution in [-0.4, -0.2) is 36.2 Å². The van der Waals surface area contributed by atoms with Gasteiger partial charge in [-0.25, -0.2) is 0 Å². The van der Waals surface area contributed by atoms with Crippen molar-refractivity contribution in [3.8, 4) is 0 Å². The molecule has 0 aromatic heterocycles. The molecule has 0 spiro atoms. The SMILES string of the molecule is CC1CN(C(C)C(N)c2ccccc2)C(C)CO1. The van der Waals surface area contributed by atoms with Crippen molar-refractivity contribution in [3.05, 3.63) is 35.9 Å². The third kappa shape index (κ3) is 2.91. The number of hydrogen-bond donors (Lipinski definition) is 1. The Hall–Kier alpha value is -0.900. The lowest BCUT2D eigenvalue weighted by Gasteiger charge is -2.42. The average Bonchev–Trinajstić information content (AvgIpc) is 2.41. The summed E-state index contributed by atoms with van der Waals surface area (Å²) in [7, 11) is 0. The van der Waals surface area contributed by atoms with Crippen molar-refractivity contribution in [2.24, 2.45) is 5.73 Å². The van der Waals surface area contributed by atoms with Crippen LogP contribution < -0.4 is 5.73 Å². The second-order valence-electron chi connectivity index (χ2n) is 5.37. The molecule has 1 fully saturated rings. The fourth-order valence-corrected chi connectivity index (χ4v) is 2.66. The van der Waals surface area contributed by atoms with Gasteiger partial charge in [-0.05, 0) is 26.3 Å². The van der Waals surface area contributed by atoms with Crippen molar-refractivity contribution >= 4 is 0 Å². The largest absolute Gasteiger partial charge is 0.376 e. The molecule has 2 N–H and O–H groups in total. The Kier molecular flexibility index (Phi) is 4.38.